The van der Waals surface area contributed by atoms with E-state index in [1.807, 2.05) is 20.8 Å². The van der Waals surface area contributed by atoms with Gasteiger partial charge in [-0.05, 0) is 31.0 Å². The molecule has 4 nitrogen and oxygen atoms in total. The van der Waals surface area contributed by atoms with Gasteiger partial charge in [0.25, 0.3) is 0 Å². The molecule has 0 amide bonds. The van der Waals surface area contributed by atoms with Crippen LogP contribution in [0.5, 0.6) is 0 Å². The Labute approximate surface area is 121 Å². The second-order valence-corrected chi connectivity index (χ2v) is 6.54. The van der Waals surface area contributed by atoms with Crippen LogP contribution in [0.3, 0.4) is 0 Å². The number of hydrogen-bond acceptors (Lipinski definition) is 3. The fraction of sp³-hybridized carbons (Fsp3) is 0.467. The van der Waals surface area contributed by atoms with Crippen molar-refractivity contribution in [2.75, 3.05) is 6.54 Å². The molecule has 0 aromatic heterocycles. The maximum atomic E-state index is 12.3. The zero-order valence-electron chi connectivity index (χ0n) is 12.2. The van der Waals surface area contributed by atoms with E-state index in [1.54, 1.807) is 24.3 Å². The minimum atomic E-state index is -3.51. The average Bonchev–Trinajstić information content (AvgIpc) is 2.44. The lowest BCUT2D eigenvalue weighted by atomic mass is 10.0. The van der Waals surface area contributed by atoms with E-state index >= 15 is 0 Å². The van der Waals surface area contributed by atoms with Crippen molar-refractivity contribution < 1.29 is 8.42 Å². The van der Waals surface area contributed by atoms with Gasteiger partial charge in [0.05, 0.1) is 11.4 Å². The molecule has 0 aliphatic rings. The Morgan fingerprint density at radius 3 is 2.65 bits per heavy atom. The van der Waals surface area contributed by atoms with Gasteiger partial charge in [-0.1, -0.05) is 38.2 Å². The van der Waals surface area contributed by atoms with Crippen LogP contribution in [0.15, 0.2) is 29.2 Å². The first-order chi connectivity index (χ1) is 9.40. The molecular weight excluding hydrogens is 272 g/mol. The van der Waals surface area contributed by atoms with E-state index in [4.69, 9.17) is 5.73 Å². The van der Waals surface area contributed by atoms with Crippen molar-refractivity contribution in [3.8, 4) is 11.8 Å². The van der Waals surface area contributed by atoms with E-state index in [2.05, 4.69) is 16.6 Å². The fourth-order valence-electron chi connectivity index (χ4n) is 1.68. The van der Waals surface area contributed by atoms with Gasteiger partial charge < -0.3 is 5.73 Å². The highest BCUT2D eigenvalue weighted by molar-refractivity contribution is 7.89. The molecule has 20 heavy (non-hydrogen) atoms. The maximum Gasteiger partial charge on any atom is 0.240 e. The van der Waals surface area contributed by atoms with E-state index in [1.165, 1.54) is 0 Å². The van der Waals surface area contributed by atoms with Gasteiger partial charge in [-0.2, -0.15) is 0 Å². The van der Waals surface area contributed by atoms with Crippen LogP contribution in [-0.2, 0) is 10.0 Å². The third-order valence-electron chi connectivity index (χ3n) is 3.32. The Morgan fingerprint density at radius 1 is 1.35 bits per heavy atom. The van der Waals surface area contributed by atoms with E-state index in [9.17, 15) is 8.42 Å². The summed E-state index contributed by atoms with van der Waals surface area (Å²) in [7, 11) is -3.51. The largest absolute Gasteiger partial charge is 0.320 e. The molecule has 0 bridgehead atoms. The Balaban J connectivity index is 2.98. The predicted octanol–water partition coefficient (Wildman–Crippen LogP) is 1.71. The molecule has 0 saturated carbocycles. The molecule has 3 N–H and O–H groups in total. The van der Waals surface area contributed by atoms with Gasteiger partial charge in [0.1, 0.15) is 0 Å². The second-order valence-electron chi connectivity index (χ2n) is 4.83. The van der Waals surface area contributed by atoms with Crippen LogP contribution in [-0.4, -0.2) is 21.0 Å². The molecule has 0 saturated heterocycles. The molecule has 1 rings (SSSR count). The van der Waals surface area contributed by atoms with Crippen molar-refractivity contribution in [2.24, 2.45) is 11.7 Å². The molecule has 1 aromatic carbocycles. The monoisotopic (exact) mass is 294 g/mol. The Morgan fingerprint density at radius 2 is 2.05 bits per heavy atom. The van der Waals surface area contributed by atoms with Crippen molar-refractivity contribution in [1.82, 2.24) is 4.72 Å². The van der Waals surface area contributed by atoms with Crippen molar-refractivity contribution in [3.05, 3.63) is 29.8 Å². The van der Waals surface area contributed by atoms with Crippen LogP contribution >= 0.6 is 0 Å². The molecule has 110 valence electrons. The summed E-state index contributed by atoms with van der Waals surface area (Å²) in [4.78, 5) is 0.233. The fourth-order valence-corrected chi connectivity index (χ4v) is 3.07. The maximum absolute atomic E-state index is 12.3. The van der Waals surface area contributed by atoms with Crippen LogP contribution < -0.4 is 10.5 Å². The first kappa shape index (κ1) is 16.7. The molecule has 2 atom stereocenters. The zero-order chi connectivity index (χ0) is 15.2. The summed E-state index contributed by atoms with van der Waals surface area (Å²) in [5.41, 5.74) is 5.96. The standard InChI is InChI=1S/C15H22N2O2S/c1-4-12(2)13(3)17-20(18,19)15-9-5-7-14(11-15)8-6-10-16/h5,7,9,11-13,17H,4,10,16H2,1-3H3. The summed E-state index contributed by atoms with van der Waals surface area (Å²) < 4.78 is 27.3. The molecule has 0 fully saturated rings. The van der Waals surface area contributed by atoms with Crippen LogP contribution in [0, 0.1) is 17.8 Å². The summed E-state index contributed by atoms with van der Waals surface area (Å²) in [6.07, 6.45) is 0.922. The van der Waals surface area contributed by atoms with Gasteiger partial charge in [0.2, 0.25) is 10.0 Å². The summed E-state index contributed by atoms with van der Waals surface area (Å²) in [6, 6.07) is 6.47. The summed E-state index contributed by atoms with van der Waals surface area (Å²) in [5, 5.41) is 0. The molecule has 0 aliphatic heterocycles. The Bertz CT molecular complexity index is 600. The van der Waals surface area contributed by atoms with E-state index in [0.29, 0.717) is 5.56 Å². The van der Waals surface area contributed by atoms with Gasteiger partial charge in [0.15, 0.2) is 0 Å². The SMILES string of the molecule is CCC(C)C(C)NS(=O)(=O)c1cccc(C#CCN)c1. The summed E-state index contributed by atoms with van der Waals surface area (Å²) in [6.45, 7) is 6.19. The lowest BCUT2D eigenvalue weighted by Gasteiger charge is -2.19. The van der Waals surface area contributed by atoms with Crippen molar-refractivity contribution in [3.63, 3.8) is 0 Å². The normalized spacial score (nSPS) is 14.2. The number of nitrogens with two attached hydrogens (primary N) is 1. The first-order valence-corrected chi connectivity index (χ1v) is 8.20. The molecule has 0 radical (unpaired) electrons. The number of sulfonamides is 1. The number of nitrogens with one attached hydrogen (secondary N) is 1. The number of hydrogen-bond donors (Lipinski definition) is 2. The molecule has 0 aliphatic carbocycles. The van der Waals surface area contributed by atoms with Crippen LogP contribution in [0.1, 0.15) is 32.8 Å². The highest BCUT2D eigenvalue weighted by atomic mass is 32.2. The Kier molecular flexibility index (Phi) is 6.21. The average molecular weight is 294 g/mol. The molecule has 2 unspecified atom stereocenters. The molecule has 1 aromatic rings. The van der Waals surface area contributed by atoms with Crippen LogP contribution in [0.25, 0.3) is 0 Å². The third-order valence-corrected chi connectivity index (χ3v) is 4.87. The zero-order valence-corrected chi connectivity index (χ0v) is 13.0. The number of rotatable bonds is 5. The smallest absolute Gasteiger partial charge is 0.240 e. The van der Waals surface area contributed by atoms with Gasteiger partial charge in [0, 0.05) is 11.6 Å². The molecule has 5 heteroatoms. The Hall–Kier alpha value is -1.35. The lowest BCUT2D eigenvalue weighted by molar-refractivity contribution is 0.434. The van der Waals surface area contributed by atoms with Crippen molar-refractivity contribution >= 4 is 10.0 Å². The van der Waals surface area contributed by atoms with Gasteiger partial charge in [-0.25, -0.2) is 13.1 Å². The van der Waals surface area contributed by atoms with Crippen molar-refractivity contribution in [2.45, 2.75) is 38.1 Å². The molecule has 0 heterocycles. The van der Waals surface area contributed by atoms with Crippen LogP contribution in [0.4, 0.5) is 0 Å². The molecular formula is C15H22N2O2S. The van der Waals surface area contributed by atoms with E-state index in [0.717, 1.165) is 6.42 Å². The number of benzene rings is 1. The predicted molar refractivity (Wildman–Crippen MR) is 81.6 cm³/mol. The quantitative estimate of drug-likeness (QED) is 0.812. The molecule has 0 spiro atoms. The van der Waals surface area contributed by atoms with Gasteiger partial charge in [-0.3, -0.25) is 0 Å². The third kappa shape index (κ3) is 4.64. The minimum Gasteiger partial charge on any atom is -0.320 e. The summed E-state index contributed by atoms with van der Waals surface area (Å²) in [5.74, 6) is 5.83. The van der Waals surface area contributed by atoms with E-state index < -0.39 is 10.0 Å². The van der Waals surface area contributed by atoms with Crippen molar-refractivity contribution in [1.29, 1.82) is 0 Å². The van der Waals surface area contributed by atoms with E-state index in [-0.39, 0.29) is 23.4 Å². The van der Waals surface area contributed by atoms with Crippen LogP contribution in [0.2, 0.25) is 0 Å². The lowest BCUT2D eigenvalue weighted by Crippen LogP contribution is -2.36. The minimum absolute atomic E-state index is 0.108. The van der Waals surface area contributed by atoms with Gasteiger partial charge in [-0.15, -0.1) is 0 Å². The highest BCUT2D eigenvalue weighted by Gasteiger charge is 2.20. The van der Waals surface area contributed by atoms with Gasteiger partial charge >= 0.3 is 0 Å². The summed E-state index contributed by atoms with van der Waals surface area (Å²) >= 11 is 0. The first-order valence-electron chi connectivity index (χ1n) is 6.72. The topological polar surface area (TPSA) is 72.2 Å². The highest BCUT2D eigenvalue weighted by Crippen LogP contribution is 2.14. The second kappa shape index (κ2) is 7.44.